The number of esters is 1. The number of carbonyl (C=O) groups excluding carboxylic acids is 2. The van der Waals surface area contributed by atoms with Gasteiger partial charge in [0.1, 0.15) is 12.4 Å². The number of rotatable bonds is 7. The number of hydrogen-bond acceptors (Lipinski definition) is 4. The van der Waals surface area contributed by atoms with Crippen LogP contribution in [0.1, 0.15) is 17.3 Å². The molecule has 2 aromatic carbocycles. The molecule has 2 aromatic rings. The van der Waals surface area contributed by atoms with Gasteiger partial charge in [-0.1, -0.05) is 23.7 Å². The monoisotopic (exact) mass is 362 g/mol. The number of nitrogens with one attached hydrogen (secondary N) is 2. The Labute approximate surface area is 151 Å². The van der Waals surface area contributed by atoms with Crippen molar-refractivity contribution < 1.29 is 19.1 Å². The van der Waals surface area contributed by atoms with Crippen molar-refractivity contribution in [3.8, 4) is 5.75 Å². The second-order valence-corrected chi connectivity index (χ2v) is 5.36. The van der Waals surface area contributed by atoms with Crippen LogP contribution in [0.2, 0.25) is 5.02 Å². The molecule has 2 N–H and O–H groups in total. The van der Waals surface area contributed by atoms with Crippen LogP contribution in [0.5, 0.6) is 5.75 Å². The van der Waals surface area contributed by atoms with E-state index in [0.29, 0.717) is 41.8 Å². The van der Waals surface area contributed by atoms with Gasteiger partial charge in [-0.3, -0.25) is 0 Å². The summed E-state index contributed by atoms with van der Waals surface area (Å²) in [7, 11) is 0. The van der Waals surface area contributed by atoms with E-state index in [4.69, 9.17) is 21.1 Å². The van der Waals surface area contributed by atoms with Crippen LogP contribution in [0.25, 0.3) is 0 Å². The van der Waals surface area contributed by atoms with E-state index in [0.717, 1.165) is 0 Å². The van der Waals surface area contributed by atoms with Gasteiger partial charge in [-0.15, -0.1) is 0 Å². The van der Waals surface area contributed by atoms with Gasteiger partial charge in [-0.05, 0) is 43.3 Å². The van der Waals surface area contributed by atoms with E-state index in [1.807, 2.05) is 12.1 Å². The molecule has 0 spiro atoms. The predicted octanol–water partition coefficient (Wildman–Crippen LogP) is 3.72. The zero-order valence-electron chi connectivity index (χ0n) is 13.8. The summed E-state index contributed by atoms with van der Waals surface area (Å²) in [5.41, 5.74) is 0.999. The van der Waals surface area contributed by atoms with Crippen molar-refractivity contribution in [1.29, 1.82) is 0 Å². The largest absolute Gasteiger partial charge is 0.490 e. The standard InChI is InChI=1S/C18H19ClN2O4/c1-2-24-17(22)13-7-9-14(10-8-13)21-18(23)20-11-12-25-16-6-4-3-5-15(16)19/h3-10H,2,11-12H2,1H3,(H2,20,21,23). The first-order chi connectivity index (χ1) is 12.1. The van der Waals surface area contributed by atoms with Gasteiger partial charge < -0.3 is 20.1 Å². The number of amides is 2. The molecule has 25 heavy (non-hydrogen) atoms. The molecule has 132 valence electrons. The van der Waals surface area contributed by atoms with Gasteiger partial charge in [0.05, 0.1) is 23.7 Å². The highest BCUT2D eigenvalue weighted by Gasteiger charge is 2.07. The summed E-state index contributed by atoms with van der Waals surface area (Å²) in [5, 5.41) is 5.86. The van der Waals surface area contributed by atoms with Crippen molar-refractivity contribution >= 4 is 29.3 Å². The Kier molecular flexibility index (Phi) is 7.10. The van der Waals surface area contributed by atoms with Crippen LogP contribution in [0, 0.1) is 0 Å². The lowest BCUT2D eigenvalue weighted by Gasteiger charge is -2.10. The molecular weight excluding hydrogens is 344 g/mol. The molecule has 6 nitrogen and oxygen atoms in total. The number of ether oxygens (including phenoxy) is 2. The van der Waals surface area contributed by atoms with E-state index < -0.39 is 5.97 Å². The lowest BCUT2D eigenvalue weighted by Crippen LogP contribution is -2.32. The number of hydrogen-bond donors (Lipinski definition) is 2. The molecule has 0 fully saturated rings. The SMILES string of the molecule is CCOC(=O)c1ccc(NC(=O)NCCOc2ccccc2Cl)cc1. The summed E-state index contributed by atoms with van der Waals surface area (Å²) >= 11 is 5.97. The molecule has 0 aromatic heterocycles. The van der Waals surface area contributed by atoms with E-state index in [2.05, 4.69) is 10.6 Å². The second-order valence-electron chi connectivity index (χ2n) is 4.96. The minimum atomic E-state index is -0.393. The second kappa shape index (κ2) is 9.54. The van der Waals surface area contributed by atoms with Crippen LogP contribution in [-0.4, -0.2) is 31.8 Å². The van der Waals surface area contributed by atoms with E-state index >= 15 is 0 Å². The highest BCUT2D eigenvalue weighted by atomic mass is 35.5. The number of para-hydroxylation sites is 1. The number of benzene rings is 2. The summed E-state index contributed by atoms with van der Waals surface area (Å²) < 4.78 is 10.4. The molecule has 0 aliphatic rings. The van der Waals surface area contributed by atoms with E-state index in [9.17, 15) is 9.59 Å². The van der Waals surface area contributed by atoms with Crippen LogP contribution in [0.4, 0.5) is 10.5 Å². The molecule has 0 bridgehead atoms. The molecule has 0 saturated carbocycles. The minimum absolute atomic E-state index is 0.291. The van der Waals surface area contributed by atoms with Crippen LogP contribution >= 0.6 is 11.6 Å². The first kappa shape index (κ1) is 18.6. The molecule has 0 unspecified atom stereocenters. The molecule has 0 heterocycles. The minimum Gasteiger partial charge on any atom is -0.490 e. The zero-order valence-corrected chi connectivity index (χ0v) is 14.5. The average molecular weight is 363 g/mol. The van der Waals surface area contributed by atoms with Crippen molar-refractivity contribution in [3.05, 3.63) is 59.1 Å². The van der Waals surface area contributed by atoms with Gasteiger partial charge in [0, 0.05) is 5.69 Å². The quantitative estimate of drug-likeness (QED) is 0.581. The van der Waals surface area contributed by atoms with Crippen molar-refractivity contribution in [1.82, 2.24) is 5.32 Å². The van der Waals surface area contributed by atoms with Crippen LogP contribution < -0.4 is 15.4 Å². The van der Waals surface area contributed by atoms with E-state index in [1.54, 1.807) is 43.3 Å². The predicted molar refractivity (Wildman–Crippen MR) is 96.4 cm³/mol. The van der Waals surface area contributed by atoms with Crippen molar-refractivity contribution in [2.75, 3.05) is 25.1 Å². The molecule has 0 radical (unpaired) electrons. The Balaban J connectivity index is 1.73. The molecule has 2 rings (SSSR count). The fourth-order valence-corrected chi connectivity index (χ4v) is 2.16. The van der Waals surface area contributed by atoms with E-state index in [1.165, 1.54) is 0 Å². The molecule has 0 aliphatic heterocycles. The Morgan fingerprint density at radius 3 is 2.48 bits per heavy atom. The Hall–Kier alpha value is -2.73. The number of urea groups is 1. The smallest absolute Gasteiger partial charge is 0.338 e. The van der Waals surface area contributed by atoms with Gasteiger partial charge in [-0.2, -0.15) is 0 Å². The van der Waals surface area contributed by atoms with Crippen LogP contribution in [-0.2, 0) is 4.74 Å². The number of carbonyl (C=O) groups is 2. The lowest BCUT2D eigenvalue weighted by molar-refractivity contribution is 0.0526. The number of anilines is 1. The van der Waals surface area contributed by atoms with Gasteiger partial charge in [0.25, 0.3) is 0 Å². The van der Waals surface area contributed by atoms with Gasteiger partial charge in [0.15, 0.2) is 0 Å². The molecule has 0 aliphatic carbocycles. The maximum Gasteiger partial charge on any atom is 0.338 e. The van der Waals surface area contributed by atoms with E-state index in [-0.39, 0.29) is 6.03 Å². The molecular formula is C18H19ClN2O4. The van der Waals surface area contributed by atoms with Gasteiger partial charge in [0.2, 0.25) is 0 Å². The van der Waals surface area contributed by atoms with Crippen molar-refractivity contribution in [2.24, 2.45) is 0 Å². The third-order valence-electron chi connectivity index (χ3n) is 3.14. The highest BCUT2D eigenvalue weighted by Crippen LogP contribution is 2.22. The first-order valence-corrected chi connectivity index (χ1v) is 8.17. The molecule has 0 atom stereocenters. The summed E-state index contributed by atoms with van der Waals surface area (Å²) in [6, 6.07) is 13.2. The summed E-state index contributed by atoms with van der Waals surface area (Å²) in [6.07, 6.45) is 0. The summed E-state index contributed by atoms with van der Waals surface area (Å²) in [5.74, 6) is 0.177. The Bertz CT molecular complexity index is 719. The summed E-state index contributed by atoms with van der Waals surface area (Å²) in [6.45, 7) is 2.67. The maximum atomic E-state index is 11.8. The topological polar surface area (TPSA) is 76.7 Å². The van der Waals surface area contributed by atoms with Gasteiger partial charge in [-0.25, -0.2) is 9.59 Å². The number of halogens is 1. The van der Waals surface area contributed by atoms with Gasteiger partial charge >= 0.3 is 12.0 Å². The Morgan fingerprint density at radius 1 is 1.08 bits per heavy atom. The molecule has 2 amide bonds. The zero-order chi connectivity index (χ0) is 18.1. The lowest BCUT2D eigenvalue weighted by atomic mass is 10.2. The highest BCUT2D eigenvalue weighted by molar-refractivity contribution is 6.32. The fourth-order valence-electron chi connectivity index (χ4n) is 1.97. The fraction of sp³-hybridized carbons (Fsp3) is 0.222. The normalized spacial score (nSPS) is 10.0. The molecule has 7 heteroatoms. The molecule has 0 saturated heterocycles. The van der Waals surface area contributed by atoms with Crippen LogP contribution in [0.3, 0.4) is 0 Å². The van der Waals surface area contributed by atoms with Crippen molar-refractivity contribution in [2.45, 2.75) is 6.92 Å². The average Bonchev–Trinajstić information content (AvgIpc) is 2.61. The van der Waals surface area contributed by atoms with Crippen molar-refractivity contribution in [3.63, 3.8) is 0 Å². The Morgan fingerprint density at radius 2 is 1.80 bits per heavy atom. The van der Waals surface area contributed by atoms with Crippen LogP contribution in [0.15, 0.2) is 48.5 Å². The maximum absolute atomic E-state index is 11.8. The third-order valence-corrected chi connectivity index (χ3v) is 3.45. The third kappa shape index (κ3) is 6.00. The first-order valence-electron chi connectivity index (χ1n) is 7.79. The summed E-state index contributed by atoms with van der Waals surface area (Å²) in [4.78, 5) is 23.4.